The summed E-state index contributed by atoms with van der Waals surface area (Å²) in [6.45, 7) is 4.17. The van der Waals surface area contributed by atoms with Crippen molar-refractivity contribution >= 4 is 11.6 Å². The summed E-state index contributed by atoms with van der Waals surface area (Å²) in [6, 6.07) is 3.24. The molecule has 198 valence electrons. The zero-order chi connectivity index (χ0) is 25.9. The van der Waals surface area contributed by atoms with E-state index in [-0.39, 0.29) is 17.7 Å². The maximum absolute atomic E-state index is 13.6. The minimum absolute atomic E-state index is 0.112. The molecule has 0 radical (unpaired) electrons. The smallest absolute Gasteiger partial charge is 0.289 e. The standard InChI is InChI=1S/C28H38N6O3/c1-3-17(2)23-26-32-33-27(34(26)16-22(30-23)20-10-7-13-29-15-20)28(37)31-21(14-18-8-5-4-6-9-18)25(36)24(35)19-11-12-19/h7,10,13,15-19,21,24-25,35-36H,3-6,8-9,11-12,14H2,1-2H3,(H,31,37)/t17-,21+,24+,25-/m1/s1. The molecular formula is C28H38N6O3. The normalized spacial score (nSPS) is 19.9. The van der Waals surface area contributed by atoms with Gasteiger partial charge in [0.05, 0.1) is 23.5 Å². The maximum Gasteiger partial charge on any atom is 0.289 e. The number of carbonyl (C=O) groups is 1. The minimum atomic E-state index is -1.01. The van der Waals surface area contributed by atoms with E-state index in [0.717, 1.165) is 43.4 Å². The van der Waals surface area contributed by atoms with Crippen LogP contribution in [-0.2, 0) is 0 Å². The van der Waals surface area contributed by atoms with Crippen molar-refractivity contribution < 1.29 is 15.0 Å². The molecule has 9 nitrogen and oxygen atoms in total. The third-order valence-corrected chi connectivity index (χ3v) is 8.15. The van der Waals surface area contributed by atoms with Crippen LogP contribution < -0.4 is 5.32 Å². The number of rotatable bonds is 10. The summed E-state index contributed by atoms with van der Waals surface area (Å²) in [4.78, 5) is 22.7. The van der Waals surface area contributed by atoms with Crippen LogP contribution in [0.4, 0.5) is 0 Å². The lowest BCUT2D eigenvalue weighted by Crippen LogP contribution is -2.50. The van der Waals surface area contributed by atoms with Gasteiger partial charge in [-0.3, -0.25) is 14.2 Å². The van der Waals surface area contributed by atoms with Crippen molar-refractivity contribution in [2.24, 2.45) is 11.8 Å². The first-order valence-corrected chi connectivity index (χ1v) is 13.8. The quantitative estimate of drug-likeness (QED) is 0.381. The number of aliphatic hydroxyl groups is 2. The van der Waals surface area contributed by atoms with E-state index in [1.54, 1.807) is 23.0 Å². The molecule has 0 bridgehead atoms. The third kappa shape index (κ3) is 5.67. The van der Waals surface area contributed by atoms with Crippen LogP contribution in [0.25, 0.3) is 16.9 Å². The predicted molar refractivity (Wildman–Crippen MR) is 140 cm³/mol. The van der Waals surface area contributed by atoms with Crippen LogP contribution in [0.3, 0.4) is 0 Å². The fraction of sp³-hybridized carbons (Fsp3) is 0.607. The monoisotopic (exact) mass is 506 g/mol. The second-order valence-corrected chi connectivity index (χ2v) is 10.9. The summed E-state index contributed by atoms with van der Waals surface area (Å²) in [5, 5.41) is 33.5. The van der Waals surface area contributed by atoms with Gasteiger partial charge >= 0.3 is 0 Å². The molecule has 37 heavy (non-hydrogen) atoms. The first-order chi connectivity index (χ1) is 18.0. The van der Waals surface area contributed by atoms with Gasteiger partial charge in [-0.1, -0.05) is 46.0 Å². The molecule has 0 saturated heterocycles. The molecular weight excluding hydrogens is 468 g/mol. The summed E-state index contributed by atoms with van der Waals surface area (Å²) >= 11 is 0. The number of fused-ring (bicyclic) bond motifs is 1. The molecule has 5 rings (SSSR count). The zero-order valence-electron chi connectivity index (χ0n) is 21.8. The van der Waals surface area contributed by atoms with Crippen molar-refractivity contribution in [3.05, 3.63) is 42.2 Å². The fourth-order valence-corrected chi connectivity index (χ4v) is 5.50. The first-order valence-electron chi connectivity index (χ1n) is 13.8. The van der Waals surface area contributed by atoms with Crippen LogP contribution in [0.1, 0.15) is 93.9 Å². The highest BCUT2D eigenvalue weighted by molar-refractivity contribution is 5.91. The van der Waals surface area contributed by atoms with Crippen LogP contribution in [0.2, 0.25) is 0 Å². The number of hydrogen-bond acceptors (Lipinski definition) is 7. The van der Waals surface area contributed by atoms with Gasteiger partial charge in [0.25, 0.3) is 5.91 Å². The maximum atomic E-state index is 13.6. The fourth-order valence-electron chi connectivity index (χ4n) is 5.50. The molecule has 0 aromatic carbocycles. The van der Waals surface area contributed by atoms with Crippen molar-refractivity contribution in [3.8, 4) is 11.3 Å². The minimum Gasteiger partial charge on any atom is -0.390 e. The average molecular weight is 507 g/mol. The molecule has 0 aliphatic heterocycles. The summed E-state index contributed by atoms with van der Waals surface area (Å²) in [6.07, 6.45) is 12.5. The van der Waals surface area contributed by atoms with E-state index >= 15 is 0 Å². The van der Waals surface area contributed by atoms with Crippen LogP contribution in [0.5, 0.6) is 0 Å². The summed E-state index contributed by atoms with van der Waals surface area (Å²) in [5.41, 5.74) is 2.85. The molecule has 3 aromatic heterocycles. The summed E-state index contributed by atoms with van der Waals surface area (Å²) in [5.74, 6) is 0.394. The van der Waals surface area contributed by atoms with Crippen molar-refractivity contribution in [1.29, 1.82) is 0 Å². The number of aliphatic hydroxyl groups excluding tert-OH is 2. The van der Waals surface area contributed by atoms with Gasteiger partial charge in [-0.25, -0.2) is 4.98 Å². The van der Waals surface area contributed by atoms with Crippen LogP contribution in [0, 0.1) is 11.8 Å². The molecule has 2 aliphatic rings. The lowest BCUT2D eigenvalue weighted by Gasteiger charge is -2.32. The Kier molecular flexibility index (Phi) is 7.81. The average Bonchev–Trinajstić information content (AvgIpc) is 3.70. The Hall–Kier alpha value is -2.91. The number of carbonyl (C=O) groups excluding carboxylic acids is 1. The van der Waals surface area contributed by atoms with Crippen molar-refractivity contribution in [3.63, 3.8) is 0 Å². The van der Waals surface area contributed by atoms with Crippen LogP contribution in [-0.4, -0.2) is 58.9 Å². The lowest BCUT2D eigenvalue weighted by atomic mass is 9.82. The number of hydrogen-bond donors (Lipinski definition) is 3. The molecule has 1 amide bonds. The SMILES string of the molecule is CC[C@@H](C)c1nc(-c2cccnc2)cn2c(C(=O)N[C@@H](CC3CCCCC3)[C@@H](O)[C@@H](O)C3CC3)nnc12. The Morgan fingerprint density at radius 3 is 2.62 bits per heavy atom. The van der Waals surface area contributed by atoms with E-state index in [1.165, 1.54) is 19.3 Å². The zero-order valence-corrected chi connectivity index (χ0v) is 21.8. The highest BCUT2D eigenvalue weighted by Crippen LogP contribution is 2.36. The van der Waals surface area contributed by atoms with Gasteiger partial charge < -0.3 is 15.5 Å². The van der Waals surface area contributed by atoms with Gasteiger partial charge in [-0.05, 0) is 49.7 Å². The molecule has 3 aromatic rings. The Morgan fingerprint density at radius 2 is 1.95 bits per heavy atom. The van der Waals surface area contributed by atoms with Gasteiger partial charge in [0.2, 0.25) is 5.82 Å². The summed E-state index contributed by atoms with van der Waals surface area (Å²) in [7, 11) is 0. The largest absolute Gasteiger partial charge is 0.390 e. The second-order valence-electron chi connectivity index (χ2n) is 10.9. The molecule has 2 aliphatic carbocycles. The molecule has 4 atom stereocenters. The number of nitrogens with zero attached hydrogens (tertiary/aromatic N) is 5. The van der Waals surface area contributed by atoms with E-state index < -0.39 is 24.2 Å². The molecule has 9 heteroatoms. The molecule has 0 unspecified atom stereocenters. The highest BCUT2D eigenvalue weighted by atomic mass is 16.3. The molecule has 2 saturated carbocycles. The van der Waals surface area contributed by atoms with Gasteiger partial charge in [0.1, 0.15) is 6.10 Å². The van der Waals surface area contributed by atoms with Crippen molar-refractivity contribution in [1.82, 2.24) is 29.9 Å². The van der Waals surface area contributed by atoms with E-state index in [1.807, 2.05) is 12.1 Å². The lowest BCUT2D eigenvalue weighted by molar-refractivity contribution is -0.0203. The number of nitrogens with one attached hydrogen (secondary N) is 1. The molecule has 2 fully saturated rings. The number of pyridine rings is 1. The predicted octanol–water partition coefficient (Wildman–Crippen LogP) is 3.90. The molecule has 3 N–H and O–H groups in total. The Morgan fingerprint density at radius 1 is 1.16 bits per heavy atom. The van der Waals surface area contributed by atoms with E-state index in [0.29, 0.717) is 23.7 Å². The van der Waals surface area contributed by atoms with E-state index in [2.05, 4.69) is 34.3 Å². The third-order valence-electron chi connectivity index (χ3n) is 8.15. The Labute approximate surface area is 217 Å². The first kappa shape index (κ1) is 25.7. The Balaban J connectivity index is 1.47. The van der Waals surface area contributed by atoms with E-state index in [9.17, 15) is 15.0 Å². The van der Waals surface area contributed by atoms with Crippen LogP contribution >= 0.6 is 0 Å². The molecule has 0 spiro atoms. The van der Waals surface area contributed by atoms with Crippen LogP contribution in [0.15, 0.2) is 30.7 Å². The number of amides is 1. The van der Waals surface area contributed by atoms with Gasteiger partial charge in [0.15, 0.2) is 5.65 Å². The van der Waals surface area contributed by atoms with Gasteiger partial charge in [-0.15, -0.1) is 10.2 Å². The van der Waals surface area contributed by atoms with Gasteiger partial charge in [0, 0.05) is 30.1 Å². The highest BCUT2D eigenvalue weighted by Gasteiger charge is 2.39. The van der Waals surface area contributed by atoms with Gasteiger partial charge in [-0.2, -0.15) is 0 Å². The van der Waals surface area contributed by atoms with Crippen molar-refractivity contribution in [2.45, 2.75) is 95.8 Å². The summed E-state index contributed by atoms with van der Waals surface area (Å²) < 4.78 is 1.70. The number of aromatic nitrogens is 5. The van der Waals surface area contributed by atoms with E-state index in [4.69, 9.17) is 4.98 Å². The molecule has 3 heterocycles. The topological polar surface area (TPSA) is 126 Å². The second kappa shape index (κ2) is 11.2. The van der Waals surface area contributed by atoms with Crippen molar-refractivity contribution in [2.75, 3.05) is 0 Å². The Bertz CT molecular complexity index is 1210.